The summed E-state index contributed by atoms with van der Waals surface area (Å²) >= 11 is 11.2. The molecule has 2 rings (SSSR count). The van der Waals surface area contributed by atoms with Crippen LogP contribution in [0.2, 0.25) is 0 Å². The lowest BCUT2D eigenvalue weighted by molar-refractivity contribution is 0.356. The summed E-state index contributed by atoms with van der Waals surface area (Å²) in [5.41, 5.74) is 9.69. The van der Waals surface area contributed by atoms with Crippen LogP contribution in [0, 0.1) is 0 Å². The molecular formula is C12H13Cl2NO. The Hall–Kier alpha value is -0.700. The molecule has 86 valence electrons. The molecule has 0 fully saturated rings. The lowest BCUT2D eigenvalue weighted by Crippen LogP contribution is -2.05. The molecule has 16 heavy (non-hydrogen) atoms. The molecule has 1 aliphatic rings. The summed E-state index contributed by atoms with van der Waals surface area (Å²) in [4.78, 5) is 0. The molecule has 0 bridgehead atoms. The first-order valence-electron chi connectivity index (χ1n) is 5.17. The molecular weight excluding hydrogens is 245 g/mol. The Balaban J connectivity index is 2.17. The molecule has 0 heterocycles. The monoisotopic (exact) mass is 257 g/mol. The van der Waals surface area contributed by atoms with Gasteiger partial charge in [0.1, 0.15) is 12.4 Å². The maximum Gasteiger partial charge on any atom is 0.125 e. The van der Waals surface area contributed by atoms with Crippen LogP contribution in [0.3, 0.4) is 0 Å². The number of hydrogen-bond acceptors (Lipinski definition) is 2. The molecule has 2 N–H and O–H groups in total. The Labute approximate surface area is 105 Å². The highest BCUT2D eigenvalue weighted by atomic mass is 35.5. The highest BCUT2D eigenvalue weighted by Crippen LogP contribution is 2.35. The van der Waals surface area contributed by atoms with Gasteiger partial charge in [-0.3, -0.25) is 0 Å². The summed E-state index contributed by atoms with van der Waals surface area (Å²) in [5.74, 6) is 0.863. The average molecular weight is 258 g/mol. The zero-order valence-electron chi connectivity index (χ0n) is 8.75. The van der Waals surface area contributed by atoms with E-state index in [1.165, 1.54) is 16.7 Å². The predicted octanol–water partition coefficient (Wildman–Crippen LogP) is 3.33. The minimum Gasteiger partial charge on any atom is -0.488 e. The van der Waals surface area contributed by atoms with E-state index in [1.54, 1.807) is 0 Å². The maximum atomic E-state index is 5.98. The minimum atomic E-state index is 0.137. The quantitative estimate of drug-likeness (QED) is 0.902. The SMILES string of the molecule is NC1CCc2c(OCC(Cl)=CCl)cccc21. The van der Waals surface area contributed by atoms with Crippen molar-refractivity contribution in [1.29, 1.82) is 0 Å². The van der Waals surface area contributed by atoms with E-state index in [9.17, 15) is 0 Å². The zero-order chi connectivity index (χ0) is 11.5. The van der Waals surface area contributed by atoms with Crippen LogP contribution in [0.5, 0.6) is 5.75 Å². The molecule has 2 nitrogen and oxygen atoms in total. The van der Waals surface area contributed by atoms with Gasteiger partial charge in [-0.15, -0.1) is 0 Å². The standard InChI is InChI=1S/C12H13Cl2NO/c13-6-8(14)7-16-12-3-1-2-9-10(12)4-5-11(9)15/h1-3,6,11H,4-5,7,15H2. The summed E-state index contributed by atoms with van der Waals surface area (Å²) in [6.45, 7) is 0.302. The molecule has 0 aromatic heterocycles. The van der Waals surface area contributed by atoms with Gasteiger partial charge in [-0.2, -0.15) is 0 Å². The molecule has 0 spiro atoms. The zero-order valence-corrected chi connectivity index (χ0v) is 10.3. The van der Waals surface area contributed by atoms with Crippen molar-refractivity contribution in [2.24, 2.45) is 5.73 Å². The van der Waals surface area contributed by atoms with E-state index in [1.807, 2.05) is 12.1 Å². The minimum absolute atomic E-state index is 0.137. The highest BCUT2D eigenvalue weighted by molar-refractivity contribution is 6.36. The predicted molar refractivity (Wildman–Crippen MR) is 67.0 cm³/mol. The number of rotatable bonds is 3. The number of hydrogen-bond donors (Lipinski definition) is 1. The van der Waals surface area contributed by atoms with Gasteiger partial charge in [0.05, 0.1) is 5.03 Å². The van der Waals surface area contributed by atoms with Gasteiger partial charge in [0.25, 0.3) is 0 Å². The lowest BCUT2D eigenvalue weighted by atomic mass is 10.1. The van der Waals surface area contributed by atoms with Crippen molar-refractivity contribution in [2.45, 2.75) is 18.9 Å². The second-order valence-electron chi connectivity index (χ2n) is 3.81. The molecule has 1 atom stereocenters. The van der Waals surface area contributed by atoms with Crippen LogP contribution >= 0.6 is 23.2 Å². The second kappa shape index (κ2) is 5.09. The molecule has 1 aromatic carbocycles. The molecule has 0 amide bonds. The fraction of sp³-hybridized carbons (Fsp3) is 0.333. The van der Waals surface area contributed by atoms with E-state index in [0.29, 0.717) is 11.6 Å². The van der Waals surface area contributed by atoms with Crippen molar-refractivity contribution in [2.75, 3.05) is 6.61 Å². The number of benzene rings is 1. The van der Waals surface area contributed by atoms with Crippen LogP contribution in [0.25, 0.3) is 0 Å². The van der Waals surface area contributed by atoms with Gasteiger partial charge in [-0.1, -0.05) is 35.3 Å². The first kappa shape index (κ1) is 11.8. The molecule has 4 heteroatoms. The number of nitrogens with two attached hydrogens (primary N) is 1. The molecule has 0 radical (unpaired) electrons. The van der Waals surface area contributed by atoms with Crippen molar-refractivity contribution in [3.8, 4) is 5.75 Å². The molecule has 1 aliphatic carbocycles. The average Bonchev–Trinajstić information content (AvgIpc) is 2.69. The van der Waals surface area contributed by atoms with Crippen molar-refractivity contribution in [1.82, 2.24) is 0 Å². The molecule has 0 saturated carbocycles. The fourth-order valence-electron chi connectivity index (χ4n) is 1.97. The van der Waals surface area contributed by atoms with Gasteiger partial charge in [0, 0.05) is 11.6 Å². The van der Waals surface area contributed by atoms with Gasteiger partial charge >= 0.3 is 0 Å². The first-order valence-corrected chi connectivity index (χ1v) is 5.98. The third kappa shape index (κ3) is 2.34. The summed E-state index contributed by atoms with van der Waals surface area (Å²) in [6.07, 6.45) is 1.95. The molecule has 0 saturated heterocycles. The Morgan fingerprint density at radius 1 is 1.56 bits per heavy atom. The number of ether oxygens (including phenoxy) is 1. The van der Waals surface area contributed by atoms with E-state index in [4.69, 9.17) is 33.7 Å². The van der Waals surface area contributed by atoms with Gasteiger partial charge in [-0.25, -0.2) is 0 Å². The van der Waals surface area contributed by atoms with Gasteiger partial charge in [0.2, 0.25) is 0 Å². The van der Waals surface area contributed by atoms with Crippen LogP contribution < -0.4 is 10.5 Å². The summed E-state index contributed by atoms with van der Waals surface area (Å²) in [7, 11) is 0. The van der Waals surface area contributed by atoms with E-state index < -0.39 is 0 Å². The Morgan fingerprint density at radius 3 is 3.12 bits per heavy atom. The van der Waals surface area contributed by atoms with Crippen LogP contribution in [0.4, 0.5) is 0 Å². The van der Waals surface area contributed by atoms with E-state index >= 15 is 0 Å². The number of fused-ring (bicyclic) bond motifs is 1. The fourth-order valence-corrected chi connectivity index (χ4v) is 2.08. The third-order valence-corrected chi connectivity index (χ3v) is 3.35. The van der Waals surface area contributed by atoms with E-state index in [0.717, 1.165) is 18.6 Å². The summed E-state index contributed by atoms with van der Waals surface area (Å²) in [5, 5.41) is 0.488. The second-order valence-corrected chi connectivity index (χ2v) is 4.52. The molecule has 0 aliphatic heterocycles. The lowest BCUT2D eigenvalue weighted by Gasteiger charge is -2.10. The summed E-state index contributed by atoms with van der Waals surface area (Å²) < 4.78 is 5.61. The Morgan fingerprint density at radius 2 is 2.38 bits per heavy atom. The van der Waals surface area contributed by atoms with E-state index in [2.05, 4.69) is 6.07 Å². The maximum absolute atomic E-state index is 5.98. The van der Waals surface area contributed by atoms with Crippen LogP contribution in [0.1, 0.15) is 23.6 Å². The van der Waals surface area contributed by atoms with Crippen LogP contribution in [-0.2, 0) is 6.42 Å². The van der Waals surface area contributed by atoms with Crippen molar-refractivity contribution in [3.63, 3.8) is 0 Å². The van der Waals surface area contributed by atoms with Crippen molar-refractivity contribution in [3.05, 3.63) is 39.9 Å². The Bertz CT molecular complexity index is 417. The largest absolute Gasteiger partial charge is 0.488 e. The van der Waals surface area contributed by atoms with Crippen LogP contribution in [-0.4, -0.2) is 6.61 Å². The van der Waals surface area contributed by atoms with Crippen LogP contribution in [0.15, 0.2) is 28.8 Å². The normalized spacial score (nSPS) is 19.7. The smallest absolute Gasteiger partial charge is 0.125 e. The Kier molecular flexibility index (Phi) is 3.74. The van der Waals surface area contributed by atoms with Gasteiger partial charge in [0.15, 0.2) is 0 Å². The molecule has 1 unspecified atom stereocenters. The molecule has 1 aromatic rings. The van der Waals surface area contributed by atoms with Crippen molar-refractivity contribution >= 4 is 23.2 Å². The van der Waals surface area contributed by atoms with Gasteiger partial charge < -0.3 is 10.5 Å². The third-order valence-electron chi connectivity index (χ3n) is 2.76. The van der Waals surface area contributed by atoms with Crippen molar-refractivity contribution < 1.29 is 4.74 Å². The first-order chi connectivity index (χ1) is 7.72. The highest BCUT2D eigenvalue weighted by Gasteiger charge is 2.21. The van der Waals surface area contributed by atoms with Gasteiger partial charge in [-0.05, 0) is 30.0 Å². The number of halogens is 2. The topological polar surface area (TPSA) is 35.2 Å². The summed E-state index contributed by atoms with van der Waals surface area (Å²) in [6, 6.07) is 6.09. The van der Waals surface area contributed by atoms with E-state index in [-0.39, 0.29) is 6.04 Å².